The third-order valence-electron chi connectivity index (χ3n) is 4.33. The molecule has 1 aromatic rings. The first-order valence-corrected chi connectivity index (χ1v) is 8.87. The van der Waals surface area contributed by atoms with E-state index >= 15 is 0 Å². The molecule has 0 spiro atoms. The lowest BCUT2D eigenvalue weighted by Gasteiger charge is -2.29. The number of hydrogen-bond acceptors (Lipinski definition) is 4. The second-order valence-electron chi connectivity index (χ2n) is 6.25. The lowest BCUT2D eigenvalue weighted by Crippen LogP contribution is -2.38. The van der Waals surface area contributed by atoms with Crippen molar-refractivity contribution in [3.8, 4) is 0 Å². The molecule has 0 aliphatic carbocycles. The quantitative estimate of drug-likeness (QED) is 0.841. The third-order valence-corrected chi connectivity index (χ3v) is 5.27. The van der Waals surface area contributed by atoms with Crippen LogP contribution in [0, 0.1) is 5.92 Å². The number of fused-ring (bicyclic) bond motifs is 1. The minimum absolute atomic E-state index is 0.182. The number of aryl methyl sites for hydroxylation is 1. The summed E-state index contributed by atoms with van der Waals surface area (Å²) in [7, 11) is 4.23. The maximum atomic E-state index is 12.7. The van der Waals surface area contributed by atoms with Crippen LogP contribution < -0.4 is 0 Å². The number of amides is 1. The summed E-state index contributed by atoms with van der Waals surface area (Å²) in [6.07, 6.45) is 3.92. The SMILES string of the molecule is CN(C)C[C@H]1CCn2ncc(C(=O)N3CCSCC3)c2C1. The highest BCUT2D eigenvalue weighted by atomic mass is 32.2. The topological polar surface area (TPSA) is 41.4 Å². The molecule has 0 aromatic carbocycles. The maximum absolute atomic E-state index is 12.7. The Hall–Kier alpha value is -1.01. The van der Waals surface area contributed by atoms with E-state index in [0.717, 1.165) is 61.8 Å². The smallest absolute Gasteiger partial charge is 0.257 e. The zero-order valence-corrected chi connectivity index (χ0v) is 13.7. The van der Waals surface area contributed by atoms with E-state index in [9.17, 15) is 4.79 Å². The first-order valence-electron chi connectivity index (χ1n) is 7.71. The summed E-state index contributed by atoms with van der Waals surface area (Å²) in [6, 6.07) is 0. The van der Waals surface area contributed by atoms with E-state index in [4.69, 9.17) is 0 Å². The average molecular weight is 308 g/mol. The second-order valence-corrected chi connectivity index (χ2v) is 7.48. The Kier molecular flexibility index (Phi) is 4.54. The van der Waals surface area contributed by atoms with Crippen LogP contribution in [-0.4, -0.2) is 70.7 Å². The number of nitrogens with zero attached hydrogens (tertiary/aromatic N) is 4. The van der Waals surface area contributed by atoms with Gasteiger partial charge < -0.3 is 9.80 Å². The van der Waals surface area contributed by atoms with Gasteiger partial charge in [0.05, 0.1) is 17.5 Å². The van der Waals surface area contributed by atoms with E-state index in [1.54, 1.807) is 6.20 Å². The lowest BCUT2D eigenvalue weighted by atomic mass is 9.93. The highest BCUT2D eigenvalue weighted by Crippen LogP contribution is 2.25. The molecule has 6 heteroatoms. The molecule has 116 valence electrons. The average Bonchev–Trinajstić information content (AvgIpc) is 2.90. The Labute approximate surface area is 130 Å². The summed E-state index contributed by atoms with van der Waals surface area (Å²) in [5, 5.41) is 4.44. The van der Waals surface area contributed by atoms with E-state index in [1.165, 1.54) is 0 Å². The van der Waals surface area contributed by atoms with Crippen LogP contribution in [0.4, 0.5) is 0 Å². The summed E-state index contributed by atoms with van der Waals surface area (Å²) < 4.78 is 2.04. The molecule has 5 nitrogen and oxygen atoms in total. The number of hydrogen-bond donors (Lipinski definition) is 0. The van der Waals surface area contributed by atoms with Crippen LogP contribution in [0.25, 0.3) is 0 Å². The van der Waals surface area contributed by atoms with Gasteiger partial charge in [-0.1, -0.05) is 0 Å². The van der Waals surface area contributed by atoms with E-state index in [1.807, 2.05) is 21.3 Å². The third kappa shape index (κ3) is 3.26. The van der Waals surface area contributed by atoms with Crippen LogP contribution in [0.3, 0.4) is 0 Å². The number of aromatic nitrogens is 2. The normalized spacial score (nSPS) is 22.4. The number of thioether (sulfide) groups is 1. The van der Waals surface area contributed by atoms with Crippen molar-refractivity contribution in [1.82, 2.24) is 19.6 Å². The van der Waals surface area contributed by atoms with Crippen LogP contribution in [-0.2, 0) is 13.0 Å². The Morgan fingerprint density at radius 3 is 2.86 bits per heavy atom. The summed E-state index contributed by atoms with van der Waals surface area (Å²) in [5.41, 5.74) is 1.99. The van der Waals surface area contributed by atoms with Crippen LogP contribution in [0.2, 0.25) is 0 Å². The summed E-state index contributed by atoms with van der Waals surface area (Å²) >= 11 is 1.93. The lowest BCUT2D eigenvalue weighted by molar-refractivity contribution is 0.0770. The molecular formula is C15H24N4OS. The highest BCUT2D eigenvalue weighted by molar-refractivity contribution is 7.99. The van der Waals surface area contributed by atoms with Gasteiger partial charge in [-0.3, -0.25) is 9.48 Å². The molecule has 3 heterocycles. The molecule has 0 unspecified atom stereocenters. The van der Waals surface area contributed by atoms with Crippen LogP contribution >= 0.6 is 11.8 Å². The molecule has 1 amide bonds. The van der Waals surface area contributed by atoms with E-state index in [-0.39, 0.29) is 5.91 Å². The van der Waals surface area contributed by atoms with E-state index < -0.39 is 0 Å². The molecule has 0 bridgehead atoms. The van der Waals surface area contributed by atoms with Gasteiger partial charge in [0.25, 0.3) is 5.91 Å². The van der Waals surface area contributed by atoms with Gasteiger partial charge in [0.2, 0.25) is 0 Å². The van der Waals surface area contributed by atoms with Crippen molar-refractivity contribution in [1.29, 1.82) is 0 Å². The molecule has 2 aliphatic heterocycles. The van der Waals surface area contributed by atoms with E-state index in [2.05, 4.69) is 24.1 Å². The standard InChI is InChI=1S/C15H24N4OS/c1-17(2)11-12-3-4-19-14(9-12)13(10-16-19)15(20)18-5-7-21-8-6-18/h10,12H,3-9,11H2,1-2H3/t12-/m0/s1. The van der Waals surface area contributed by atoms with Crippen LogP contribution in [0.15, 0.2) is 6.20 Å². The molecule has 3 rings (SSSR count). The largest absolute Gasteiger partial charge is 0.337 e. The predicted octanol–water partition coefficient (Wildman–Crippen LogP) is 1.20. The molecule has 0 radical (unpaired) electrons. The van der Waals surface area contributed by atoms with Crippen molar-refractivity contribution in [3.63, 3.8) is 0 Å². The Morgan fingerprint density at radius 1 is 1.38 bits per heavy atom. The zero-order valence-electron chi connectivity index (χ0n) is 12.9. The molecule has 2 aliphatic rings. The fourth-order valence-electron chi connectivity index (χ4n) is 3.29. The van der Waals surface area contributed by atoms with Gasteiger partial charge in [-0.15, -0.1) is 0 Å². The van der Waals surface area contributed by atoms with Crippen molar-refractivity contribution in [3.05, 3.63) is 17.5 Å². The molecule has 1 atom stereocenters. The molecule has 1 fully saturated rings. The maximum Gasteiger partial charge on any atom is 0.257 e. The Bertz CT molecular complexity index is 508. The van der Waals surface area contributed by atoms with Crippen molar-refractivity contribution in [2.24, 2.45) is 5.92 Å². The van der Waals surface area contributed by atoms with Crippen molar-refractivity contribution >= 4 is 17.7 Å². The first kappa shape index (κ1) is 14.9. The predicted molar refractivity (Wildman–Crippen MR) is 85.8 cm³/mol. The second kappa shape index (κ2) is 6.40. The van der Waals surface area contributed by atoms with Gasteiger partial charge >= 0.3 is 0 Å². The Morgan fingerprint density at radius 2 is 2.14 bits per heavy atom. The molecule has 1 aromatic heterocycles. The van der Waals surface area contributed by atoms with E-state index in [0.29, 0.717) is 5.92 Å². The Balaban J connectivity index is 1.76. The summed E-state index contributed by atoms with van der Waals surface area (Å²) in [4.78, 5) is 16.9. The minimum Gasteiger partial charge on any atom is -0.337 e. The highest BCUT2D eigenvalue weighted by Gasteiger charge is 2.28. The molecule has 0 N–H and O–H groups in total. The van der Waals surface area contributed by atoms with Gasteiger partial charge in [0.15, 0.2) is 0 Å². The first-order chi connectivity index (χ1) is 10.1. The molecule has 0 saturated carbocycles. The monoisotopic (exact) mass is 308 g/mol. The number of carbonyl (C=O) groups is 1. The van der Waals surface area contributed by atoms with Gasteiger partial charge in [-0.25, -0.2) is 0 Å². The summed E-state index contributed by atoms with van der Waals surface area (Å²) in [6.45, 7) is 3.76. The van der Waals surface area contributed by atoms with Crippen molar-refractivity contribution in [2.45, 2.75) is 19.4 Å². The van der Waals surface area contributed by atoms with Gasteiger partial charge in [0.1, 0.15) is 0 Å². The van der Waals surface area contributed by atoms with Gasteiger partial charge in [-0.05, 0) is 32.9 Å². The minimum atomic E-state index is 0.182. The number of carbonyl (C=O) groups excluding carboxylic acids is 1. The van der Waals surface area contributed by atoms with Gasteiger partial charge in [-0.2, -0.15) is 16.9 Å². The van der Waals surface area contributed by atoms with Crippen LogP contribution in [0.1, 0.15) is 22.5 Å². The van der Waals surface area contributed by atoms with Crippen molar-refractivity contribution in [2.75, 3.05) is 45.2 Å². The molecular weight excluding hydrogens is 284 g/mol. The van der Waals surface area contributed by atoms with Gasteiger partial charge in [0, 0.05) is 37.7 Å². The fourth-order valence-corrected chi connectivity index (χ4v) is 4.19. The molecule has 21 heavy (non-hydrogen) atoms. The fraction of sp³-hybridized carbons (Fsp3) is 0.733. The number of rotatable bonds is 3. The molecule has 1 saturated heterocycles. The zero-order chi connectivity index (χ0) is 14.8. The summed E-state index contributed by atoms with van der Waals surface area (Å²) in [5.74, 6) is 2.92. The van der Waals surface area contributed by atoms with Crippen molar-refractivity contribution < 1.29 is 4.79 Å². The van der Waals surface area contributed by atoms with Crippen LogP contribution in [0.5, 0.6) is 0 Å².